The fourth-order valence-electron chi connectivity index (χ4n) is 0.697. The number of hydrogen-bond acceptors (Lipinski definition) is 3. The van der Waals surface area contributed by atoms with Crippen LogP contribution in [0.25, 0.3) is 0 Å². The van der Waals surface area contributed by atoms with E-state index < -0.39 is 10.2 Å². The Balaban J connectivity index is 3.48. The first-order chi connectivity index (χ1) is 6.28. The highest BCUT2D eigenvalue weighted by Crippen LogP contribution is 2.28. The van der Waals surface area contributed by atoms with Crippen LogP contribution < -0.4 is 0 Å². The van der Waals surface area contributed by atoms with Gasteiger partial charge in [0.15, 0.2) is 4.73 Å². The third-order valence-corrected chi connectivity index (χ3v) is 5.96. The molecule has 0 aliphatic heterocycles. The quantitative estimate of drug-likeness (QED) is 0.746. The van der Waals surface area contributed by atoms with Gasteiger partial charge < -0.3 is 0 Å². The highest BCUT2D eigenvalue weighted by Gasteiger charge is 2.24. The lowest BCUT2D eigenvalue weighted by molar-refractivity contribution is 0.508. The molecule has 80 valence electrons. The molecule has 0 spiro atoms. The van der Waals surface area contributed by atoms with Crippen molar-refractivity contribution in [2.24, 2.45) is 0 Å². The lowest BCUT2D eigenvalue weighted by Crippen LogP contribution is -2.29. The summed E-state index contributed by atoms with van der Waals surface area (Å²) in [6, 6.07) is 0. The summed E-state index contributed by atoms with van der Waals surface area (Å²) in [6.07, 6.45) is 0. The Morgan fingerprint density at radius 3 is 2.07 bits per heavy atom. The van der Waals surface area contributed by atoms with Crippen LogP contribution >= 0.6 is 47.8 Å². The van der Waals surface area contributed by atoms with Crippen molar-refractivity contribution in [1.29, 1.82) is 0 Å². The molecule has 0 bridgehead atoms. The zero-order valence-electron chi connectivity index (χ0n) is 7.20. The van der Waals surface area contributed by atoms with E-state index in [-0.39, 0.29) is 4.73 Å². The first-order valence-corrected chi connectivity index (χ1v) is 7.08. The maximum atomic E-state index is 11.8. The molecule has 9 heteroatoms. The van der Waals surface area contributed by atoms with Crippen LogP contribution in [-0.4, -0.2) is 35.8 Å². The van der Waals surface area contributed by atoms with E-state index in [1.807, 2.05) is 0 Å². The number of halogens is 3. The molecule has 0 unspecified atom stereocenters. The Labute approximate surface area is 107 Å². The molecule has 0 aliphatic carbocycles. The van der Waals surface area contributed by atoms with Gasteiger partial charge in [-0.25, -0.2) is 4.98 Å². The molecule has 0 fully saturated rings. The molecule has 0 aliphatic rings. The summed E-state index contributed by atoms with van der Waals surface area (Å²) in [4.78, 5) is 3.90. The van der Waals surface area contributed by atoms with Gasteiger partial charge in [-0.05, 0) is 47.8 Å². The maximum Gasteiger partial charge on any atom is 0.310 e. The SMILES string of the molecule is CN(C)S(=O)(=O)n1c(Br)nc(Br)c1Br. The average Bonchev–Trinajstić information content (AvgIpc) is 2.26. The Kier molecular flexibility index (Phi) is 3.79. The van der Waals surface area contributed by atoms with Gasteiger partial charge in [0, 0.05) is 14.1 Å². The molecular formula is C5H6Br3N3O2S. The smallest absolute Gasteiger partial charge is 0.213 e. The molecule has 14 heavy (non-hydrogen) atoms. The normalized spacial score (nSPS) is 12.4. The third-order valence-electron chi connectivity index (χ3n) is 1.40. The van der Waals surface area contributed by atoms with Crippen LogP contribution in [0.2, 0.25) is 0 Å². The molecule has 0 N–H and O–H groups in total. The molecule has 1 heterocycles. The second-order valence-electron chi connectivity index (χ2n) is 2.52. The molecule has 0 saturated heterocycles. The Morgan fingerprint density at radius 2 is 1.79 bits per heavy atom. The monoisotopic (exact) mass is 409 g/mol. The first-order valence-electron chi connectivity index (χ1n) is 3.30. The van der Waals surface area contributed by atoms with Crippen molar-refractivity contribution in [2.75, 3.05) is 14.1 Å². The van der Waals surface area contributed by atoms with Gasteiger partial charge in [0.2, 0.25) is 0 Å². The molecule has 0 saturated carbocycles. The van der Waals surface area contributed by atoms with E-state index >= 15 is 0 Å². The van der Waals surface area contributed by atoms with Crippen LogP contribution in [0.3, 0.4) is 0 Å². The largest absolute Gasteiger partial charge is 0.310 e. The van der Waals surface area contributed by atoms with Gasteiger partial charge in [-0.1, -0.05) is 0 Å². The van der Waals surface area contributed by atoms with E-state index in [2.05, 4.69) is 52.8 Å². The number of rotatable bonds is 2. The van der Waals surface area contributed by atoms with Gasteiger partial charge in [-0.15, -0.1) is 0 Å². The van der Waals surface area contributed by atoms with Crippen LogP contribution in [0.15, 0.2) is 13.9 Å². The van der Waals surface area contributed by atoms with Crippen molar-refractivity contribution in [3.63, 3.8) is 0 Å². The van der Waals surface area contributed by atoms with Gasteiger partial charge in [0.25, 0.3) is 0 Å². The van der Waals surface area contributed by atoms with Gasteiger partial charge in [0.1, 0.15) is 9.21 Å². The van der Waals surface area contributed by atoms with Crippen molar-refractivity contribution in [2.45, 2.75) is 0 Å². The van der Waals surface area contributed by atoms with E-state index in [1.54, 1.807) is 0 Å². The van der Waals surface area contributed by atoms with E-state index in [1.165, 1.54) is 14.1 Å². The Hall–Kier alpha value is 0.560. The first kappa shape index (κ1) is 12.6. The fourth-order valence-corrected chi connectivity index (χ4v) is 4.19. The summed E-state index contributed by atoms with van der Waals surface area (Å²) in [5.74, 6) is 0. The zero-order chi connectivity index (χ0) is 11.1. The van der Waals surface area contributed by atoms with Crippen LogP contribution in [0.1, 0.15) is 0 Å². The number of imidazole rings is 1. The van der Waals surface area contributed by atoms with Crippen LogP contribution in [0.5, 0.6) is 0 Å². The lowest BCUT2D eigenvalue weighted by atomic mass is 11.0. The van der Waals surface area contributed by atoms with Gasteiger partial charge in [0.05, 0.1) is 0 Å². The topological polar surface area (TPSA) is 55.2 Å². The highest BCUT2D eigenvalue weighted by molar-refractivity contribution is 9.13. The molecule has 1 rings (SSSR count). The number of aromatic nitrogens is 2. The summed E-state index contributed by atoms with van der Waals surface area (Å²) in [6.45, 7) is 0. The second kappa shape index (κ2) is 4.20. The van der Waals surface area contributed by atoms with Gasteiger partial charge in [-0.3, -0.25) is 0 Å². The fraction of sp³-hybridized carbons (Fsp3) is 0.400. The summed E-state index contributed by atoms with van der Waals surface area (Å²) < 4.78 is 26.6. The lowest BCUT2D eigenvalue weighted by Gasteiger charge is -2.13. The molecule has 1 aromatic rings. The molecule has 0 atom stereocenters. The minimum atomic E-state index is -3.55. The zero-order valence-corrected chi connectivity index (χ0v) is 12.8. The minimum Gasteiger partial charge on any atom is -0.213 e. The van der Waals surface area contributed by atoms with Crippen molar-refractivity contribution >= 4 is 58.0 Å². The maximum absolute atomic E-state index is 11.8. The van der Waals surface area contributed by atoms with Crippen LogP contribution in [0, 0.1) is 0 Å². The van der Waals surface area contributed by atoms with E-state index in [4.69, 9.17) is 0 Å². The van der Waals surface area contributed by atoms with Crippen molar-refractivity contribution in [1.82, 2.24) is 13.3 Å². The Morgan fingerprint density at radius 1 is 1.29 bits per heavy atom. The summed E-state index contributed by atoms with van der Waals surface area (Å²) in [5.41, 5.74) is 0. The van der Waals surface area contributed by atoms with Gasteiger partial charge >= 0.3 is 10.2 Å². The molecule has 1 aromatic heterocycles. The average molecular weight is 412 g/mol. The highest BCUT2D eigenvalue weighted by atomic mass is 79.9. The standard InChI is InChI=1S/C5H6Br3N3O2S/c1-10(2)14(12,13)11-4(7)3(6)9-5(11)8/h1-2H3. The predicted molar refractivity (Wildman–Crippen MR) is 63.3 cm³/mol. The van der Waals surface area contributed by atoms with Crippen LogP contribution in [0.4, 0.5) is 0 Å². The number of hydrogen-bond donors (Lipinski definition) is 0. The molecule has 0 amide bonds. The minimum absolute atomic E-state index is 0.213. The summed E-state index contributed by atoms with van der Waals surface area (Å²) >= 11 is 9.30. The van der Waals surface area contributed by atoms with E-state index in [9.17, 15) is 8.42 Å². The molecule has 0 radical (unpaired) electrons. The molecule has 0 aromatic carbocycles. The third kappa shape index (κ3) is 2.06. The number of nitrogens with zero attached hydrogens (tertiary/aromatic N) is 3. The van der Waals surface area contributed by atoms with E-state index in [0.717, 1.165) is 8.28 Å². The summed E-state index contributed by atoms with van der Waals surface area (Å²) in [7, 11) is -0.661. The Bertz CT molecular complexity index is 453. The predicted octanol–water partition coefficient (Wildman–Crippen LogP) is 1.83. The summed E-state index contributed by atoms with van der Waals surface area (Å²) in [5, 5.41) is 0. The van der Waals surface area contributed by atoms with Crippen molar-refractivity contribution < 1.29 is 8.42 Å². The van der Waals surface area contributed by atoms with Crippen LogP contribution in [-0.2, 0) is 10.2 Å². The van der Waals surface area contributed by atoms with Crippen molar-refractivity contribution in [3.8, 4) is 0 Å². The van der Waals surface area contributed by atoms with E-state index in [0.29, 0.717) is 9.21 Å². The molecule has 5 nitrogen and oxygen atoms in total. The molecular weight excluding hydrogens is 406 g/mol. The van der Waals surface area contributed by atoms with Crippen molar-refractivity contribution in [3.05, 3.63) is 13.9 Å². The second-order valence-corrected chi connectivity index (χ2v) is 6.72. The van der Waals surface area contributed by atoms with Gasteiger partial charge in [-0.2, -0.15) is 16.7 Å².